The molecule has 4 rings (SSSR count). The molecule has 0 spiro atoms. The lowest BCUT2D eigenvalue weighted by Crippen LogP contribution is -2.12. The number of hydrogen-bond acceptors (Lipinski definition) is 6. The minimum Gasteiger partial charge on any atom is -0.462 e. The van der Waals surface area contributed by atoms with E-state index in [2.05, 4.69) is 57.0 Å². The maximum atomic E-state index is 12.3. The number of carbonyl (C=O) groups is 3. The van der Waals surface area contributed by atoms with E-state index in [0.29, 0.717) is 6.61 Å². The van der Waals surface area contributed by atoms with E-state index < -0.39 is 17.9 Å². The number of esters is 3. The maximum absolute atomic E-state index is 12.3. The molecule has 0 aliphatic heterocycles. The highest BCUT2D eigenvalue weighted by molar-refractivity contribution is 5.91. The van der Waals surface area contributed by atoms with Gasteiger partial charge in [0, 0.05) is 23.1 Å². The summed E-state index contributed by atoms with van der Waals surface area (Å²) in [5.41, 5.74) is 9.13. The van der Waals surface area contributed by atoms with Crippen molar-refractivity contribution in [3.05, 3.63) is 108 Å². The molecule has 210 valence electrons. The minimum absolute atomic E-state index is 0.123. The Labute approximate surface area is 241 Å². The highest BCUT2D eigenvalue weighted by Crippen LogP contribution is 2.38. The number of hydrogen-bond donors (Lipinski definition) is 0. The minimum atomic E-state index is -0.615. The van der Waals surface area contributed by atoms with Gasteiger partial charge in [-0.05, 0) is 97.2 Å². The molecule has 0 saturated carbocycles. The lowest BCUT2D eigenvalue weighted by Gasteiger charge is -2.16. The predicted molar refractivity (Wildman–Crippen MR) is 160 cm³/mol. The molecular weight excluding hydrogens is 516 g/mol. The van der Waals surface area contributed by atoms with Crippen LogP contribution in [-0.4, -0.2) is 24.5 Å². The lowest BCUT2D eigenvalue weighted by atomic mass is 9.91. The highest BCUT2D eigenvalue weighted by atomic mass is 16.6. The highest BCUT2D eigenvalue weighted by Gasteiger charge is 2.23. The van der Waals surface area contributed by atoms with Crippen molar-refractivity contribution in [1.82, 2.24) is 0 Å². The Morgan fingerprint density at radius 1 is 0.780 bits per heavy atom. The number of aryl methyl sites for hydroxylation is 2. The van der Waals surface area contributed by atoms with Crippen LogP contribution in [0.2, 0.25) is 0 Å². The van der Waals surface area contributed by atoms with Crippen molar-refractivity contribution in [2.75, 3.05) is 6.61 Å². The molecule has 0 N–H and O–H groups in total. The Kier molecular flexibility index (Phi) is 8.72. The van der Waals surface area contributed by atoms with Crippen LogP contribution in [-0.2, 0) is 32.0 Å². The van der Waals surface area contributed by atoms with E-state index in [-0.39, 0.29) is 28.6 Å². The fraction of sp³-hybridized carbons (Fsp3) is 0.229. The van der Waals surface area contributed by atoms with Gasteiger partial charge in [0.2, 0.25) is 0 Å². The summed E-state index contributed by atoms with van der Waals surface area (Å²) >= 11 is 0. The molecule has 3 aromatic carbocycles. The molecule has 0 radical (unpaired) electrons. The molecule has 41 heavy (non-hydrogen) atoms. The van der Waals surface area contributed by atoms with Crippen LogP contribution in [0.5, 0.6) is 11.5 Å². The van der Waals surface area contributed by atoms with E-state index in [0.717, 1.165) is 46.2 Å². The van der Waals surface area contributed by atoms with Gasteiger partial charge in [-0.15, -0.1) is 0 Å². The number of carbonyl (C=O) groups excluding carboxylic acids is 3. The molecule has 6 heteroatoms. The van der Waals surface area contributed by atoms with Gasteiger partial charge >= 0.3 is 17.9 Å². The largest absolute Gasteiger partial charge is 0.462 e. The van der Waals surface area contributed by atoms with Crippen LogP contribution in [0.15, 0.2) is 85.5 Å². The second-order valence-corrected chi connectivity index (χ2v) is 10.6. The maximum Gasteiger partial charge on any atom is 0.338 e. The Bertz CT molecular complexity index is 1590. The molecule has 3 aromatic rings. The van der Waals surface area contributed by atoms with Gasteiger partial charge in [0.05, 0.1) is 6.61 Å². The Morgan fingerprint density at radius 2 is 1.32 bits per heavy atom. The fourth-order valence-corrected chi connectivity index (χ4v) is 4.91. The lowest BCUT2D eigenvalue weighted by molar-refractivity contribution is -0.139. The van der Waals surface area contributed by atoms with Crippen molar-refractivity contribution in [1.29, 1.82) is 0 Å². The summed E-state index contributed by atoms with van der Waals surface area (Å²) in [6, 6.07) is 15.9. The smallest absolute Gasteiger partial charge is 0.338 e. The molecule has 1 aliphatic rings. The van der Waals surface area contributed by atoms with Crippen molar-refractivity contribution < 1.29 is 28.6 Å². The summed E-state index contributed by atoms with van der Waals surface area (Å²) in [6.45, 7) is 18.3. The first-order valence-electron chi connectivity index (χ1n) is 13.4. The molecular formula is C35H34O6. The third-order valence-corrected chi connectivity index (χ3v) is 7.09. The normalized spacial score (nSPS) is 13.6. The van der Waals surface area contributed by atoms with Crippen molar-refractivity contribution in [2.45, 2.75) is 40.5 Å². The molecule has 0 aromatic heterocycles. The molecule has 0 bridgehead atoms. The van der Waals surface area contributed by atoms with E-state index in [1.165, 1.54) is 17.2 Å². The Hall–Kier alpha value is -4.71. The number of fused-ring (bicyclic) bond motifs is 1. The van der Waals surface area contributed by atoms with Crippen LogP contribution in [0.3, 0.4) is 0 Å². The van der Waals surface area contributed by atoms with Gasteiger partial charge in [-0.1, -0.05) is 56.1 Å². The van der Waals surface area contributed by atoms with Crippen molar-refractivity contribution in [3.8, 4) is 33.8 Å². The van der Waals surface area contributed by atoms with E-state index in [1.807, 2.05) is 13.0 Å². The summed E-state index contributed by atoms with van der Waals surface area (Å²) in [7, 11) is 0. The van der Waals surface area contributed by atoms with Crippen molar-refractivity contribution >= 4 is 17.9 Å². The molecule has 0 amide bonds. The number of benzene rings is 3. The molecule has 1 unspecified atom stereocenters. The van der Waals surface area contributed by atoms with Gasteiger partial charge in [0.15, 0.2) is 11.5 Å². The zero-order valence-corrected chi connectivity index (χ0v) is 24.0. The Balaban J connectivity index is 1.63. The molecule has 0 heterocycles. The van der Waals surface area contributed by atoms with Gasteiger partial charge in [0.1, 0.15) is 0 Å². The molecule has 0 fully saturated rings. The second-order valence-electron chi connectivity index (χ2n) is 10.6. The molecule has 1 atom stereocenters. The topological polar surface area (TPSA) is 78.9 Å². The van der Waals surface area contributed by atoms with E-state index in [4.69, 9.17) is 14.2 Å². The first-order valence-corrected chi connectivity index (χ1v) is 13.4. The standard InChI is InChI=1S/C35H34O6/c1-8-33(36)39-19-24-15-25-9-10-26(17-28(25)16-24)29-13-23(7)30(14-22(29)6)27-11-12-31(40-34(37)20(2)3)32(18-27)41-35(38)21(4)5/h8-14,17-18,24H,1-2,4,15-16,19H2,3,5-7H3. The number of ether oxygens (including phenoxy) is 3. The Morgan fingerprint density at radius 3 is 1.90 bits per heavy atom. The van der Waals surface area contributed by atoms with Crippen molar-refractivity contribution in [2.24, 2.45) is 5.92 Å². The summed E-state index contributed by atoms with van der Waals surface area (Å²) in [5.74, 6) is -1.11. The molecule has 1 aliphatic carbocycles. The van der Waals surface area contributed by atoms with Crippen LogP contribution in [0.1, 0.15) is 36.1 Å². The SMILES string of the molecule is C=CC(=O)OCC1Cc2ccc(-c3cc(C)c(-c4ccc(OC(=O)C(=C)C)c(OC(=O)C(=C)C)c4)cc3C)cc2C1. The average molecular weight is 551 g/mol. The summed E-state index contributed by atoms with van der Waals surface area (Å²) in [6.07, 6.45) is 2.93. The van der Waals surface area contributed by atoms with Crippen LogP contribution in [0, 0.1) is 19.8 Å². The van der Waals surface area contributed by atoms with Crippen LogP contribution in [0.25, 0.3) is 22.3 Å². The van der Waals surface area contributed by atoms with E-state index >= 15 is 0 Å². The zero-order chi connectivity index (χ0) is 29.8. The second kappa shape index (κ2) is 12.2. The van der Waals surface area contributed by atoms with E-state index in [9.17, 15) is 14.4 Å². The van der Waals surface area contributed by atoms with Gasteiger partial charge in [-0.3, -0.25) is 0 Å². The first-order chi connectivity index (χ1) is 19.5. The zero-order valence-electron chi connectivity index (χ0n) is 24.0. The summed E-state index contributed by atoms with van der Waals surface area (Å²) in [4.78, 5) is 36.0. The third-order valence-electron chi connectivity index (χ3n) is 7.09. The summed E-state index contributed by atoms with van der Waals surface area (Å²) in [5, 5.41) is 0. The monoisotopic (exact) mass is 550 g/mol. The number of rotatable bonds is 9. The van der Waals surface area contributed by atoms with Crippen LogP contribution < -0.4 is 9.47 Å². The van der Waals surface area contributed by atoms with Gasteiger partial charge in [-0.2, -0.15) is 0 Å². The van der Waals surface area contributed by atoms with E-state index in [1.54, 1.807) is 26.0 Å². The molecule has 0 saturated heterocycles. The quantitative estimate of drug-likeness (QED) is 0.161. The van der Waals surface area contributed by atoms with Crippen molar-refractivity contribution in [3.63, 3.8) is 0 Å². The van der Waals surface area contributed by atoms with Gasteiger partial charge < -0.3 is 14.2 Å². The van der Waals surface area contributed by atoms with Crippen LogP contribution in [0.4, 0.5) is 0 Å². The average Bonchev–Trinajstić information content (AvgIpc) is 3.35. The van der Waals surface area contributed by atoms with Crippen LogP contribution >= 0.6 is 0 Å². The van der Waals surface area contributed by atoms with Gasteiger partial charge in [-0.25, -0.2) is 14.4 Å². The molecule has 6 nitrogen and oxygen atoms in total. The summed E-state index contributed by atoms with van der Waals surface area (Å²) < 4.78 is 16.2. The fourth-order valence-electron chi connectivity index (χ4n) is 4.91. The predicted octanol–water partition coefficient (Wildman–Crippen LogP) is 7.04. The third kappa shape index (κ3) is 6.72. The van der Waals surface area contributed by atoms with Gasteiger partial charge in [0.25, 0.3) is 0 Å². The first kappa shape index (κ1) is 29.3.